The molecule has 0 heteroatoms. The molecular formula is C27H26. The highest BCUT2D eigenvalue weighted by molar-refractivity contribution is 5.55. The van der Waals surface area contributed by atoms with E-state index in [2.05, 4.69) is 123 Å². The molecule has 3 aromatic carbocycles. The molecule has 1 atom stereocenters. The monoisotopic (exact) mass is 350 g/mol. The first kappa shape index (κ1) is 17.5. The molecule has 0 radical (unpaired) electrons. The minimum atomic E-state index is -0.239. The number of hydrogen-bond donors (Lipinski definition) is 0. The van der Waals surface area contributed by atoms with Crippen LogP contribution in [-0.4, -0.2) is 0 Å². The smallest absolute Gasteiger partial charge is 0.0548 e. The zero-order chi connectivity index (χ0) is 18.7. The Morgan fingerprint density at radius 1 is 0.630 bits per heavy atom. The Morgan fingerprint density at radius 2 is 1.04 bits per heavy atom. The third-order valence-electron chi connectivity index (χ3n) is 5.72. The van der Waals surface area contributed by atoms with Crippen molar-refractivity contribution in [3.05, 3.63) is 131 Å². The highest BCUT2D eigenvalue weighted by atomic mass is 14.4. The van der Waals surface area contributed by atoms with Gasteiger partial charge in [0.1, 0.15) is 0 Å². The van der Waals surface area contributed by atoms with Crippen LogP contribution in [-0.2, 0) is 5.41 Å². The van der Waals surface area contributed by atoms with Crippen molar-refractivity contribution < 1.29 is 0 Å². The zero-order valence-electron chi connectivity index (χ0n) is 16.0. The van der Waals surface area contributed by atoms with Gasteiger partial charge in [-0.15, -0.1) is 0 Å². The van der Waals surface area contributed by atoms with Gasteiger partial charge in [0.2, 0.25) is 0 Å². The molecule has 0 aromatic heterocycles. The molecule has 3 aromatic rings. The van der Waals surface area contributed by atoms with Gasteiger partial charge < -0.3 is 0 Å². The lowest BCUT2D eigenvalue weighted by Crippen LogP contribution is -2.35. The summed E-state index contributed by atoms with van der Waals surface area (Å²) >= 11 is 0. The van der Waals surface area contributed by atoms with Crippen molar-refractivity contribution in [3.63, 3.8) is 0 Å². The summed E-state index contributed by atoms with van der Waals surface area (Å²) in [6.07, 6.45) is 7.18. The van der Waals surface area contributed by atoms with Crippen molar-refractivity contribution in [2.45, 2.75) is 19.3 Å². The molecule has 1 aliphatic rings. The average Bonchev–Trinajstić information content (AvgIpc) is 3.22. The van der Waals surface area contributed by atoms with Gasteiger partial charge >= 0.3 is 0 Å². The number of rotatable bonds is 5. The van der Waals surface area contributed by atoms with Gasteiger partial charge in [-0.1, -0.05) is 123 Å². The summed E-state index contributed by atoms with van der Waals surface area (Å²) < 4.78 is 0. The van der Waals surface area contributed by atoms with Crippen molar-refractivity contribution in [2.75, 3.05) is 0 Å². The lowest BCUT2D eigenvalue weighted by molar-refractivity contribution is 0.526. The van der Waals surface area contributed by atoms with E-state index in [0.29, 0.717) is 5.92 Å². The van der Waals surface area contributed by atoms with Gasteiger partial charge in [-0.25, -0.2) is 0 Å². The molecule has 0 nitrogen and oxygen atoms in total. The van der Waals surface area contributed by atoms with Gasteiger partial charge in [0.25, 0.3) is 0 Å². The van der Waals surface area contributed by atoms with Crippen LogP contribution in [0.3, 0.4) is 0 Å². The van der Waals surface area contributed by atoms with Crippen LogP contribution in [0.5, 0.6) is 0 Å². The Bertz CT molecular complexity index is 834. The maximum absolute atomic E-state index is 2.47. The Kier molecular flexibility index (Phi) is 4.81. The standard InChI is InChI=1S/C27H26/c1-21(2)22-18-19-26(20-22)27(23-12-6-3-7-13-23,24-14-8-4-9-15-24)25-16-10-5-11-17-25/h3-21,26H,1-2H3. The highest BCUT2D eigenvalue weighted by Gasteiger charge is 2.42. The van der Waals surface area contributed by atoms with Crippen LogP contribution in [0, 0.1) is 11.8 Å². The van der Waals surface area contributed by atoms with Crippen molar-refractivity contribution in [3.8, 4) is 0 Å². The van der Waals surface area contributed by atoms with Crippen LogP contribution in [0.1, 0.15) is 30.5 Å². The first-order chi connectivity index (χ1) is 13.2. The van der Waals surface area contributed by atoms with Crippen LogP contribution in [0.15, 0.2) is 115 Å². The van der Waals surface area contributed by atoms with Crippen LogP contribution in [0.2, 0.25) is 0 Å². The number of hydrogen-bond acceptors (Lipinski definition) is 0. The van der Waals surface area contributed by atoms with E-state index in [-0.39, 0.29) is 11.3 Å². The van der Waals surface area contributed by atoms with E-state index in [1.807, 2.05) is 0 Å². The third-order valence-corrected chi connectivity index (χ3v) is 5.72. The van der Waals surface area contributed by atoms with Crippen molar-refractivity contribution >= 4 is 0 Å². The molecule has 0 saturated heterocycles. The van der Waals surface area contributed by atoms with Gasteiger partial charge in [0.15, 0.2) is 0 Å². The molecule has 0 spiro atoms. The molecule has 0 bridgehead atoms. The molecular weight excluding hydrogens is 324 g/mol. The minimum absolute atomic E-state index is 0.239. The lowest BCUT2D eigenvalue weighted by Gasteiger charge is -2.40. The summed E-state index contributed by atoms with van der Waals surface area (Å²) in [6, 6.07) is 32.9. The topological polar surface area (TPSA) is 0 Å². The molecule has 0 N–H and O–H groups in total. The lowest BCUT2D eigenvalue weighted by atomic mass is 9.62. The van der Waals surface area contributed by atoms with Gasteiger partial charge in [0, 0.05) is 5.92 Å². The van der Waals surface area contributed by atoms with Gasteiger partial charge in [0.05, 0.1) is 5.41 Å². The van der Waals surface area contributed by atoms with E-state index in [1.54, 1.807) is 0 Å². The van der Waals surface area contributed by atoms with Gasteiger partial charge in [-0.2, -0.15) is 0 Å². The normalized spacial score (nSPS) is 16.6. The molecule has 4 rings (SSSR count). The molecule has 0 aliphatic heterocycles. The summed E-state index contributed by atoms with van der Waals surface area (Å²) in [5.74, 6) is 0.813. The summed E-state index contributed by atoms with van der Waals surface area (Å²) in [7, 11) is 0. The summed E-state index contributed by atoms with van der Waals surface area (Å²) in [4.78, 5) is 0. The van der Waals surface area contributed by atoms with Crippen molar-refractivity contribution in [1.82, 2.24) is 0 Å². The van der Waals surface area contributed by atoms with Crippen LogP contribution in [0.25, 0.3) is 0 Å². The van der Waals surface area contributed by atoms with Crippen LogP contribution in [0.4, 0.5) is 0 Å². The fraction of sp³-hybridized carbons (Fsp3) is 0.185. The fourth-order valence-corrected chi connectivity index (χ4v) is 4.37. The summed E-state index contributed by atoms with van der Waals surface area (Å²) in [5, 5.41) is 0. The summed E-state index contributed by atoms with van der Waals surface area (Å²) in [5.41, 5.74) is 5.18. The van der Waals surface area contributed by atoms with E-state index in [1.165, 1.54) is 22.3 Å². The molecule has 0 fully saturated rings. The molecule has 0 saturated carbocycles. The van der Waals surface area contributed by atoms with Crippen LogP contribution >= 0.6 is 0 Å². The second-order valence-electron chi connectivity index (χ2n) is 7.61. The molecule has 134 valence electrons. The van der Waals surface area contributed by atoms with E-state index in [0.717, 1.165) is 0 Å². The Labute approximate surface area is 162 Å². The molecule has 0 amide bonds. The second kappa shape index (κ2) is 7.40. The molecule has 1 unspecified atom stereocenters. The Balaban J connectivity index is 2.04. The second-order valence-corrected chi connectivity index (χ2v) is 7.61. The van der Waals surface area contributed by atoms with Crippen molar-refractivity contribution in [2.24, 2.45) is 11.8 Å². The Hall–Kier alpha value is -2.86. The first-order valence-corrected chi connectivity index (χ1v) is 9.79. The highest BCUT2D eigenvalue weighted by Crippen LogP contribution is 2.48. The predicted octanol–water partition coefficient (Wildman–Crippen LogP) is 6.79. The molecule has 0 heterocycles. The van der Waals surface area contributed by atoms with Gasteiger partial charge in [-0.3, -0.25) is 0 Å². The minimum Gasteiger partial charge on any atom is -0.0758 e. The molecule has 1 aliphatic carbocycles. The van der Waals surface area contributed by atoms with E-state index < -0.39 is 0 Å². The fourth-order valence-electron chi connectivity index (χ4n) is 4.37. The Morgan fingerprint density at radius 3 is 1.37 bits per heavy atom. The van der Waals surface area contributed by atoms with Crippen LogP contribution < -0.4 is 0 Å². The van der Waals surface area contributed by atoms with E-state index in [9.17, 15) is 0 Å². The van der Waals surface area contributed by atoms with Crippen molar-refractivity contribution in [1.29, 1.82) is 0 Å². The predicted molar refractivity (Wildman–Crippen MR) is 115 cm³/mol. The third kappa shape index (κ3) is 3.06. The average molecular weight is 351 g/mol. The number of allylic oxidation sites excluding steroid dienone is 4. The number of benzene rings is 3. The molecule has 27 heavy (non-hydrogen) atoms. The van der Waals surface area contributed by atoms with E-state index >= 15 is 0 Å². The maximum atomic E-state index is 2.47. The summed E-state index contributed by atoms with van der Waals surface area (Å²) in [6.45, 7) is 4.54. The quantitative estimate of drug-likeness (QED) is 0.444. The SMILES string of the molecule is CC(C)C1=CC(C(c2ccccc2)(c2ccccc2)c2ccccc2)C=C1. The van der Waals surface area contributed by atoms with E-state index in [4.69, 9.17) is 0 Å². The zero-order valence-corrected chi connectivity index (χ0v) is 16.0. The largest absolute Gasteiger partial charge is 0.0758 e. The maximum Gasteiger partial charge on any atom is 0.0548 e. The first-order valence-electron chi connectivity index (χ1n) is 9.79. The van der Waals surface area contributed by atoms with Gasteiger partial charge in [-0.05, 0) is 28.2 Å².